The Labute approximate surface area is 120 Å². The van der Waals surface area contributed by atoms with Crippen molar-refractivity contribution in [2.45, 2.75) is 12.5 Å². The Morgan fingerprint density at radius 3 is 3.10 bits per heavy atom. The van der Waals surface area contributed by atoms with Crippen molar-refractivity contribution in [1.82, 2.24) is 10.3 Å². The quantitative estimate of drug-likeness (QED) is 0.897. The van der Waals surface area contributed by atoms with Gasteiger partial charge < -0.3 is 15.8 Å². The molecule has 0 aliphatic carbocycles. The number of rotatable bonds is 3. The normalized spacial score (nSPS) is 16.1. The fourth-order valence-corrected chi connectivity index (χ4v) is 2.30. The van der Waals surface area contributed by atoms with Gasteiger partial charge in [0.25, 0.3) is 5.91 Å². The first kappa shape index (κ1) is 13.4. The Balaban J connectivity index is 1.61. The van der Waals surface area contributed by atoms with Crippen LogP contribution in [0.4, 0.5) is 10.2 Å². The van der Waals surface area contributed by atoms with Crippen LogP contribution in [0.5, 0.6) is 5.75 Å². The van der Waals surface area contributed by atoms with E-state index < -0.39 is 11.7 Å². The molecule has 1 aliphatic rings. The summed E-state index contributed by atoms with van der Waals surface area (Å²) >= 11 is 0. The van der Waals surface area contributed by atoms with Crippen molar-refractivity contribution < 1.29 is 13.9 Å². The van der Waals surface area contributed by atoms with Gasteiger partial charge in [-0.25, -0.2) is 9.37 Å². The molecule has 0 fully saturated rings. The van der Waals surface area contributed by atoms with Gasteiger partial charge in [-0.05, 0) is 17.7 Å². The second-order valence-corrected chi connectivity index (χ2v) is 4.85. The average Bonchev–Trinajstić information content (AvgIpc) is 2.90. The van der Waals surface area contributed by atoms with E-state index in [1.165, 1.54) is 0 Å². The number of hydrogen-bond acceptors (Lipinski definition) is 4. The molecule has 2 heterocycles. The number of benzene rings is 1. The highest BCUT2D eigenvalue weighted by Gasteiger charge is 2.23. The van der Waals surface area contributed by atoms with Gasteiger partial charge in [-0.3, -0.25) is 4.79 Å². The Bertz CT molecular complexity index is 665. The zero-order valence-corrected chi connectivity index (χ0v) is 11.2. The molecule has 0 bridgehead atoms. The van der Waals surface area contributed by atoms with E-state index in [1.807, 2.05) is 24.3 Å². The van der Waals surface area contributed by atoms with Gasteiger partial charge in [0.2, 0.25) is 0 Å². The molecule has 3 rings (SSSR count). The lowest BCUT2D eigenvalue weighted by atomic mass is 10.1. The molecule has 21 heavy (non-hydrogen) atoms. The molecule has 3 N–H and O–H groups in total. The summed E-state index contributed by atoms with van der Waals surface area (Å²) in [5, 5.41) is 2.69. The zero-order valence-electron chi connectivity index (χ0n) is 11.2. The molecule has 0 saturated heterocycles. The number of anilines is 1. The van der Waals surface area contributed by atoms with E-state index >= 15 is 0 Å². The molecule has 1 amide bonds. The summed E-state index contributed by atoms with van der Waals surface area (Å²) < 4.78 is 18.8. The Morgan fingerprint density at radius 2 is 2.29 bits per heavy atom. The molecular formula is C15H14FN3O2. The van der Waals surface area contributed by atoms with Crippen molar-refractivity contribution in [3.8, 4) is 5.75 Å². The first-order valence-corrected chi connectivity index (χ1v) is 6.57. The third kappa shape index (κ3) is 2.79. The molecule has 1 aromatic carbocycles. The summed E-state index contributed by atoms with van der Waals surface area (Å²) in [5.41, 5.74) is 6.72. The van der Waals surface area contributed by atoms with Crippen molar-refractivity contribution in [3.63, 3.8) is 0 Å². The highest BCUT2D eigenvalue weighted by Crippen LogP contribution is 2.27. The number of aromatic nitrogens is 1. The molecule has 1 aromatic heterocycles. The lowest BCUT2D eigenvalue weighted by Crippen LogP contribution is -2.34. The van der Waals surface area contributed by atoms with Crippen molar-refractivity contribution >= 4 is 11.7 Å². The summed E-state index contributed by atoms with van der Waals surface area (Å²) in [6, 6.07) is 8.81. The van der Waals surface area contributed by atoms with Crippen LogP contribution in [-0.4, -0.2) is 23.5 Å². The van der Waals surface area contributed by atoms with Crippen LogP contribution in [0.1, 0.15) is 15.9 Å². The van der Waals surface area contributed by atoms with Crippen LogP contribution >= 0.6 is 0 Å². The topological polar surface area (TPSA) is 77.2 Å². The van der Waals surface area contributed by atoms with Gasteiger partial charge in [0.05, 0.1) is 18.3 Å². The summed E-state index contributed by atoms with van der Waals surface area (Å²) in [6.07, 6.45) is 1.57. The number of hydrogen-bond donors (Lipinski definition) is 2. The Hall–Kier alpha value is -2.63. The summed E-state index contributed by atoms with van der Waals surface area (Å²) in [7, 11) is 0. The van der Waals surface area contributed by atoms with Crippen LogP contribution in [0.2, 0.25) is 0 Å². The van der Waals surface area contributed by atoms with E-state index in [-0.39, 0.29) is 17.5 Å². The summed E-state index contributed by atoms with van der Waals surface area (Å²) in [4.78, 5) is 15.6. The van der Waals surface area contributed by atoms with E-state index in [0.717, 1.165) is 30.0 Å². The second kappa shape index (κ2) is 5.40. The lowest BCUT2D eigenvalue weighted by Gasteiger charge is -2.12. The van der Waals surface area contributed by atoms with Crippen LogP contribution in [-0.2, 0) is 6.42 Å². The van der Waals surface area contributed by atoms with Gasteiger partial charge in [0, 0.05) is 6.42 Å². The molecule has 1 unspecified atom stereocenters. The van der Waals surface area contributed by atoms with E-state index in [1.54, 1.807) is 0 Å². The van der Waals surface area contributed by atoms with Gasteiger partial charge in [-0.1, -0.05) is 18.2 Å². The standard InChI is InChI=1S/C15H14FN3O2/c16-10-6-12(14(17)18-7-10)15(20)19-8-11-5-9-3-1-2-4-13(9)21-11/h1-4,6-7,11H,5,8H2,(H2,17,18)(H,19,20). The fourth-order valence-electron chi connectivity index (χ4n) is 2.30. The molecule has 0 spiro atoms. The number of carbonyl (C=O) groups excluding carboxylic acids is 1. The highest BCUT2D eigenvalue weighted by molar-refractivity contribution is 5.98. The maximum absolute atomic E-state index is 13.1. The van der Waals surface area contributed by atoms with E-state index in [2.05, 4.69) is 10.3 Å². The molecule has 6 heteroatoms. The molecule has 1 atom stereocenters. The third-order valence-electron chi connectivity index (χ3n) is 3.33. The van der Waals surface area contributed by atoms with Gasteiger partial charge in [-0.15, -0.1) is 0 Å². The van der Waals surface area contributed by atoms with E-state index in [0.29, 0.717) is 6.54 Å². The fraction of sp³-hybridized carbons (Fsp3) is 0.200. The predicted molar refractivity (Wildman–Crippen MR) is 75.5 cm³/mol. The predicted octanol–water partition coefficient (Wildman–Crippen LogP) is 1.54. The zero-order chi connectivity index (χ0) is 14.8. The molecule has 0 saturated carbocycles. The van der Waals surface area contributed by atoms with Gasteiger partial charge in [-0.2, -0.15) is 0 Å². The monoisotopic (exact) mass is 287 g/mol. The summed E-state index contributed by atoms with van der Waals surface area (Å²) in [6.45, 7) is 0.323. The molecule has 5 nitrogen and oxygen atoms in total. The maximum atomic E-state index is 13.1. The number of nitrogen functional groups attached to an aromatic ring is 1. The minimum absolute atomic E-state index is 0.00419. The lowest BCUT2D eigenvalue weighted by molar-refractivity contribution is 0.0933. The molecule has 0 radical (unpaired) electrons. The van der Waals surface area contributed by atoms with Crippen LogP contribution in [0.15, 0.2) is 36.5 Å². The van der Waals surface area contributed by atoms with Crippen molar-refractivity contribution in [3.05, 3.63) is 53.5 Å². The third-order valence-corrected chi connectivity index (χ3v) is 3.33. The molecular weight excluding hydrogens is 273 g/mol. The molecule has 108 valence electrons. The summed E-state index contributed by atoms with van der Waals surface area (Å²) in [5.74, 6) is -0.217. The highest BCUT2D eigenvalue weighted by atomic mass is 19.1. The largest absolute Gasteiger partial charge is 0.488 e. The minimum atomic E-state index is -0.598. The maximum Gasteiger partial charge on any atom is 0.255 e. The van der Waals surface area contributed by atoms with Crippen LogP contribution < -0.4 is 15.8 Å². The number of amides is 1. The first-order valence-electron chi connectivity index (χ1n) is 6.57. The van der Waals surface area contributed by atoms with Crippen molar-refractivity contribution in [2.24, 2.45) is 0 Å². The number of carbonyl (C=O) groups is 1. The second-order valence-electron chi connectivity index (χ2n) is 4.85. The SMILES string of the molecule is Nc1ncc(F)cc1C(=O)NCC1Cc2ccccc2O1. The molecule has 2 aromatic rings. The number of halogens is 1. The number of nitrogens with one attached hydrogen (secondary N) is 1. The average molecular weight is 287 g/mol. The number of ether oxygens (including phenoxy) is 1. The van der Waals surface area contributed by atoms with Crippen LogP contribution in [0.25, 0.3) is 0 Å². The molecule has 1 aliphatic heterocycles. The number of fused-ring (bicyclic) bond motifs is 1. The van der Waals surface area contributed by atoms with E-state index in [4.69, 9.17) is 10.5 Å². The Morgan fingerprint density at radius 1 is 1.48 bits per heavy atom. The van der Waals surface area contributed by atoms with Crippen molar-refractivity contribution in [2.75, 3.05) is 12.3 Å². The van der Waals surface area contributed by atoms with Crippen molar-refractivity contribution in [1.29, 1.82) is 0 Å². The smallest absolute Gasteiger partial charge is 0.255 e. The first-order chi connectivity index (χ1) is 10.1. The Kier molecular flexibility index (Phi) is 3.43. The van der Waals surface area contributed by atoms with Crippen LogP contribution in [0, 0.1) is 5.82 Å². The van der Waals surface area contributed by atoms with Gasteiger partial charge in [0.15, 0.2) is 0 Å². The van der Waals surface area contributed by atoms with Gasteiger partial charge >= 0.3 is 0 Å². The van der Waals surface area contributed by atoms with Crippen LogP contribution in [0.3, 0.4) is 0 Å². The number of nitrogens with zero attached hydrogens (tertiary/aromatic N) is 1. The minimum Gasteiger partial charge on any atom is -0.488 e. The number of nitrogens with two attached hydrogens (primary N) is 1. The number of para-hydroxylation sites is 1. The number of pyridine rings is 1. The van der Waals surface area contributed by atoms with Gasteiger partial charge in [0.1, 0.15) is 23.5 Å². The van der Waals surface area contributed by atoms with E-state index in [9.17, 15) is 9.18 Å².